The lowest BCUT2D eigenvalue weighted by Crippen LogP contribution is -2.55. The van der Waals surface area contributed by atoms with Gasteiger partial charge in [0, 0.05) is 25.2 Å². The van der Waals surface area contributed by atoms with E-state index in [2.05, 4.69) is 5.32 Å². The molecule has 1 aromatic rings. The van der Waals surface area contributed by atoms with E-state index in [1.807, 2.05) is 24.3 Å². The highest BCUT2D eigenvalue weighted by Crippen LogP contribution is 2.42. The predicted molar refractivity (Wildman–Crippen MR) is 96.3 cm³/mol. The molecule has 0 unspecified atom stereocenters. The largest absolute Gasteiger partial charge is 0.375 e. The zero-order valence-corrected chi connectivity index (χ0v) is 15.3. The first-order valence-electron chi connectivity index (χ1n) is 8.89. The molecular formula is C19H25ClN2O3. The first kappa shape index (κ1) is 18.2. The second-order valence-corrected chi connectivity index (χ2v) is 7.48. The van der Waals surface area contributed by atoms with Crippen LogP contribution in [0.25, 0.3) is 0 Å². The number of nitrogens with zero attached hydrogens (tertiary/aromatic N) is 1. The maximum Gasteiger partial charge on any atom is 0.248 e. The van der Waals surface area contributed by atoms with Crippen molar-refractivity contribution in [2.24, 2.45) is 5.92 Å². The highest BCUT2D eigenvalue weighted by Gasteiger charge is 2.41. The van der Waals surface area contributed by atoms with Gasteiger partial charge in [-0.05, 0) is 49.8 Å². The molecule has 1 saturated carbocycles. The maximum absolute atomic E-state index is 12.9. The van der Waals surface area contributed by atoms with E-state index in [0.29, 0.717) is 18.1 Å². The van der Waals surface area contributed by atoms with E-state index in [9.17, 15) is 9.59 Å². The topological polar surface area (TPSA) is 58.6 Å². The number of carbonyl (C=O) groups is 2. The highest BCUT2D eigenvalue weighted by atomic mass is 35.5. The lowest BCUT2D eigenvalue weighted by molar-refractivity contribution is -0.139. The summed E-state index contributed by atoms with van der Waals surface area (Å²) < 4.78 is 4.92. The standard InChI is InChI=1S/C19H25ClN2O3/c1-25-13-17(23)22-11-2-4-14(12-22)18(24)21-19(9-3-10-19)15-5-7-16(20)8-6-15/h5-8,14H,2-4,9-13H2,1H3,(H,21,24)/t14-/m1/s1. The fraction of sp³-hybridized carbons (Fsp3) is 0.579. The van der Waals surface area contributed by atoms with Gasteiger partial charge < -0.3 is 15.0 Å². The Kier molecular flexibility index (Phi) is 5.64. The Bertz CT molecular complexity index is 628. The van der Waals surface area contributed by atoms with Gasteiger partial charge in [0.1, 0.15) is 6.61 Å². The van der Waals surface area contributed by atoms with E-state index in [4.69, 9.17) is 16.3 Å². The van der Waals surface area contributed by atoms with Crippen LogP contribution < -0.4 is 5.32 Å². The van der Waals surface area contributed by atoms with Crippen molar-refractivity contribution in [2.45, 2.75) is 37.6 Å². The number of nitrogens with one attached hydrogen (secondary N) is 1. The molecule has 1 aromatic carbocycles. The number of piperidine rings is 1. The molecule has 6 heteroatoms. The van der Waals surface area contributed by atoms with Crippen molar-refractivity contribution in [2.75, 3.05) is 26.8 Å². The number of likely N-dealkylation sites (tertiary alicyclic amines) is 1. The van der Waals surface area contributed by atoms with Crippen molar-refractivity contribution in [3.8, 4) is 0 Å². The Labute approximate surface area is 153 Å². The van der Waals surface area contributed by atoms with E-state index in [0.717, 1.165) is 37.7 Å². The van der Waals surface area contributed by atoms with Crippen LogP contribution >= 0.6 is 11.6 Å². The Balaban J connectivity index is 1.66. The average Bonchev–Trinajstić information content (AvgIpc) is 2.59. The number of methoxy groups -OCH3 is 1. The molecule has 25 heavy (non-hydrogen) atoms. The van der Waals surface area contributed by atoms with E-state index in [-0.39, 0.29) is 29.9 Å². The quantitative estimate of drug-likeness (QED) is 0.873. The number of rotatable bonds is 5. The first-order chi connectivity index (χ1) is 12.0. The van der Waals surface area contributed by atoms with E-state index < -0.39 is 0 Å². The summed E-state index contributed by atoms with van der Waals surface area (Å²) in [5, 5.41) is 3.97. The van der Waals surface area contributed by atoms with Crippen LogP contribution in [-0.4, -0.2) is 43.5 Å². The Morgan fingerprint density at radius 2 is 2.00 bits per heavy atom. The van der Waals surface area contributed by atoms with Crippen molar-refractivity contribution >= 4 is 23.4 Å². The molecule has 3 rings (SSSR count). The predicted octanol–water partition coefficient (Wildman–Crippen LogP) is 2.72. The highest BCUT2D eigenvalue weighted by molar-refractivity contribution is 6.30. The molecule has 2 aliphatic rings. The average molecular weight is 365 g/mol. The summed E-state index contributed by atoms with van der Waals surface area (Å²) in [6, 6.07) is 7.73. The van der Waals surface area contributed by atoms with Crippen molar-refractivity contribution in [3.63, 3.8) is 0 Å². The van der Waals surface area contributed by atoms with Gasteiger partial charge >= 0.3 is 0 Å². The van der Waals surface area contributed by atoms with Crippen LogP contribution in [0.15, 0.2) is 24.3 Å². The molecule has 2 fully saturated rings. The minimum Gasteiger partial charge on any atom is -0.375 e. The normalized spacial score (nSPS) is 22.2. The van der Waals surface area contributed by atoms with Crippen LogP contribution in [0.5, 0.6) is 0 Å². The van der Waals surface area contributed by atoms with Gasteiger partial charge in [-0.3, -0.25) is 9.59 Å². The van der Waals surface area contributed by atoms with E-state index in [1.165, 1.54) is 7.11 Å². The summed E-state index contributed by atoms with van der Waals surface area (Å²) >= 11 is 5.99. The van der Waals surface area contributed by atoms with Crippen LogP contribution in [0.4, 0.5) is 0 Å². The van der Waals surface area contributed by atoms with Gasteiger partial charge in [0.2, 0.25) is 11.8 Å². The van der Waals surface area contributed by atoms with Crippen molar-refractivity contribution in [3.05, 3.63) is 34.9 Å². The number of benzene rings is 1. The minimum atomic E-state index is -0.277. The third-order valence-corrected chi connectivity index (χ3v) is 5.63. The number of ether oxygens (including phenoxy) is 1. The molecular weight excluding hydrogens is 340 g/mol. The molecule has 0 radical (unpaired) electrons. The van der Waals surface area contributed by atoms with Gasteiger partial charge in [-0.15, -0.1) is 0 Å². The van der Waals surface area contributed by atoms with E-state index in [1.54, 1.807) is 4.90 Å². The fourth-order valence-electron chi connectivity index (χ4n) is 3.76. The van der Waals surface area contributed by atoms with E-state index >= 15 is 0 Å². The molecule has 1 aliphatic heterocycles. The van der Waals surface area contributed by atoms with Crippen molar-refractivity contribution in [1.29, 1.82) is 0 Å². The van der Waals surface area contributed by atoms with Crippen LogP contribution in [0, 0.1) is 5.92 Å². The Morgan fingerprint density at radius 1 is 1.28 bits per heavy atom. The molecule has 0 aromatic heterocycles. The van der Waals surface area contributed by atoms with Gasteiger partial charge in [0.15, 0.2) is 0 Å². The zero-order valence-electron chi connectivity index (χ0n) is 14.6. The number of hydrogen-bond acceptors (Lipinski definition) is 3. The molecule has 136 valence electrons. The second kappa shape index (κ2) is 7.75. The zero-order chi connectivity index (χ0) is 17.9. The monoisotopic (exact) mass is 364 g/mol. The lowest BCUT2D eigenvalue weighted by atomic mass is 9.71. The molecule has 1 heterocycles. The molecule has 1 atom stereocenters. The van der Waals surface area contributed by atoms with Gasteiger partial charge in [-0.1, -0.05) is 23.7 Å². The summed E-state index contributed by atoms with van der Waals surface area (Å²) in [5.74, 6) is -0.153. The lowest BCUT2D eigenvalue weighted by Gasteiger charge is -2.44. The van der Waals surface area contributed by atoms with Crippen LogP contribution in [-0.2, 0) is 19.9 Å². The molecule has 0 spiro atoms. The van der Waals surface area contributed by atoms with Crippen LogP contribution in [0.2, 0.25) is 5.02 Å². The first-order valence-corrected chi connectivity index (χ1v) is 9.27. The van der Waals surface area contributed by atoms with Gasteiger partial charge in [-0.2, -0.15) is 0 Å². The number of amides is 2. The number of carbonyl (C=O) groups excluding carboxylic acids is 2. The summed E-state index contributed by atoms with van der Waals surface area (Å²) in [4.78, 5) is 26.6. The van der Waals surface area contributed by atoms with Gasteiger partial charge in [0.05, 0.1) is 11.5 Å². The summed E-state index contributed by atoms with van der Waals surface area (Å²) in [5.41, 5.74) is 0.833. The molecule has 1 N–H and O–H groups in total. The smallest absolute Gasteiger partial charge is 0.248 e. The van der Waals surface area contributed by atoms with Crippen molar-refractivity contribution < 1.29 is 14.3 Å². The molecule has 2 amide bonds. The maximum atomic E-state index is 12.9. The summed E-state index contributed by atoms with van der Waals surface area (Å²) in [7, 11) is 1.51. The molecule has 1 aliphatic carbocycles. The van der Waals surface area contributed by atoms with Gasteiger partial charge in [-0.25, -0.2) is 0 Å². The van der Waals surface area contributed by atoms with Crippen LogP contribution in [0.1, 0.15) is 37.7 Å². The second-order valence-electron chi connectivity index (χ2n) is 7.04. The number of hydrogen-bond donors (Lipinski definition) is 1. The Hall–Kier alpha value is -1.59. The molecule has 5 nitrogen and oxygen atoms in total. The summed E-state index contributed by atoms with van der Waals surface area (Å²) in [6.45, 7) is 1.25. The fourth-order valence-corrected chi connectivity index (χ4v) is 3.88. The van der Waals surface area contributed by atoms with Gasteiger partial charge in [0.25, 0.3) is 0 Å². The Morgan fingerprint density at radius 3 is 2.60 bits per heavy atom. The third-order valence-electron chi connectivity index (χ3n) is 5.38. The minimum absolute atomic E-state index is 0.0453. The summed E-state index contributed by atoms with van der Waals surface area (Å²) in [6.07, 6.45) is 4.66. The number of halogens is 1. The third kappa shape index (κ3) is 3.98. The molecule has 0 bridgehead atoms. The van der Waals surface area contributed by atoms with Crippen molar-refractivity contribution in [1.82, 2.24) is 10.2 Å². The SMILES string of the molecule is COCC(=O)N1CCC[C@@H](C(=O)NC2(c3ccc(Cl)cc3)CCC2)C1. The van der Waals surface area contributed by atoms with Crippen LogP contribution in [0.3, 0.4) is 0 Å². The molecule has 1 saturated heterocycles.